The van der Waals surface area contributed by atoms with Gasteiger partial charge in [-0.05, 0) is 68.0 Å². The van der Waals surface area contributed by atoms with Gasteiger partial charge in [-0.1, -0.05) is 54.8 Å². The number of hydrogen-bond acceptors (Lipinski definition) is 6. The summed E-state index contributed by atoms with van der Waals surface area (Å²) in [6, 6.07) is 19.2. The molecule has 1 aliphatic rings. The Labute approximate surface area is 246 Å². The third kappa shape index (κ3) is 7.31. The lowest BCUT2D eigenvalue weighted by molar-refractivity contribution is 0.0977. The molecule has 212 valence electrons. The summed E-state index contributed by atoms with van der Waals surface area (Å²) >= 11 is 12.0. The zero-order valence-corrected chi connectivity index (χ0v) is 24.9. The molecule has 1 heterocycles. The van der Waals surface area contributed by atoms with Crippen molar-refractivity contribution in [3.8, 4) is 5.75 Å². The number of unbranched alkanes of at least 4 members (excludes halogenated alkanes) is 1. The molecule has 1 amide bonds. The normalized spacial score (nSPS) is 14.0. The fourth-order valence-electron chi connectivity index (χ4n) is 4.34. The molecular weight excluding hydrogens is 568 g/mol. The maximum absolute atomic E-state index is 13.1. The number of aryl methyl sites for hydroxylation is 1. The minimum absolute atomic E-state index is 0.117. The summed E-state index contributed by atoms with van der Waals surface area (Å²) in [6.07, 6.45) is 1.96. The Kier molecular flexibility index (Phi) is 10.0. The van der Waals surface area contributed by atoms with E-state index in [2.05, 4.69) is 17.6 Å². The lowest BCUT2D eigenvalue weighted by Crippen LogP contribution is -2.49. The van der Waals surface area contributed by atoms with Crippen molar-refractivity contribution >= 4 is 56.2 Å². The van der Waals surface area contributed by atoms with Gasteiger partial charge >= 0.3 is 0 Å². The van der Waals surface area contributed by atoms with Gasteiger partial charge < -0.3 is 15.0 Å². The highest BCUT2D eigenvalue weighted by Gasteiger charge is 2.30. The van der Waals surface area contributed by atoms with Crippen LogP contribution in [0.25, 0.3) is 0 Å². The molecule has 0 aliphatic carbocycles. The number of sulfonamides is 1. The smallest absolute Gasteiger partial charge is 0.257 e. The molecule has 40 heavy (non-hydrogen) atoms. The summed E-state index contributed by atoms with van der Waals surface area (Å²) in [4.78, 5) is 15.2. The van der Waals surface area contributed by atoms with E-state index in [0.717, 1.165) is 18.4 Å². The highest BCUT2D eigenvalue weighted by molar-refractivity contribution is 7.89. The average molecular weight is 601 g/mol. The lowest BCUT2D eigenvalue weighted by Gasteiger charge is -2.36. The molecule has 0 bridgehead atoms. The SMILES string of the molecule is CCCCOc1cccc(C(=O)NC(=S)Nc2cccc(Cl)c2N2CCN(S(=O)(=O)c3ccc(C)cc3)CC2)c1. The van der Waals surface area contributed by atoms with Crippen LogP contribution in [0.2, 0.25) is 5.02 Å². The van der Waals surface area contributed by atoms with Crippen LogP contribution in [0.4, 0.5) is 11.4 Å². The van der Waals surface area contributed by atoms with Gasteiger partial charge in [0.15, 0.2) is 5.11 Å². The van der Waals surface area contributed by atoms with Crippen molar-refractivity contribution < 1.29 is 17.9 Å². The number of anilines is 2. The summed E-state index contributed by atoms with van der Waals surface area (Å²) in [6.45, 7) is 6.08. The maximum Gasteiger partial charge on any atom is 0.257 e. The van der Waals surface area contributed by atoms with E-state index in [1.54, 1.807) is 54.6 Å². The predicted molar refractivity (Wildman–Crippen MR) is 164 cm³/mol. The number of piperazine rings is 1. The Morgan fingerprint density at radius 2 is 1.73 bits per heavy atom. The molecule has 3 aromatic carbocycles. The molecule has 0 spiro atoms. The van der Waals surface area contributed by atoms with E-state index in [-0.39, 0.29) is 15.9 Å². The van der Waals surface area contributed by atoms with Gasteiger partial charge in [-0.25, -0.2) is 8.42 Å². The van der Waals surface area contributed by atoms with Gasteiger partial charge in [0, 0.05) is 31.7 Å². The fourth-order valence-corrected chi connectivity index (χ4v) is 6.26. The van der Waals surface area contributed by atoms with E-state index in [1.807, 2.05) is 24.0 Å². The minimum Gasteiger partial charge on any atom is -0.494 e. The second-order valence-corrected chi connectivity index (χ2v) is 12.2. The van der Waals surface area contributed by atoms with Crippen molar-refractivity contribution in [2.75, 3.05) is 43.0 Å². The predicted octanol–water partition coefficient (Wildman–Crippen LogP) is 5.47. The van der Waals surface area contributed by atoms with Crippen LogP contribution in [0, 0.1) is 6.92 Å². The zero-order chi connectivity index (χ0) is 28.7. The van der Waals surface area contributed by atoms with Crippen molar-refractivity contribution in [3.63, 3.8) is 0 Å². The number of nitrogens with zero attached hydrogens (tertiary/aromatic N) is 2. The first kappa shape index (κ1) is 29.8. The van der Waals surface area contributed by atoms with E-state index in [1.165, 1.54) is 4.31 Å². The summed E-state index contributed by atoms with van der Waals surface area (Å²) in [5.41, 5.74) is 2.74. The van der Waals surface area contributed by atoms with Crippen molar-refractivity contribution in [1.82, 2.24) is 9.62 Å². The number of amides is 1. The molecule has 1 aliphatic heterocycles. The van der Waals surface area contributed by atoms with Gasteiger partial charge in [0.2, 0.25) is 10.0 Å². The maximum atomic E-state index is 13.1. The third-order valence-corrected chi connectivity index (χ3v) is 8.96. The number of halogens is 1. The topological polar surface area (TPSA) is 91.0 Å². The van der Waals surface area contributed by atoms with Crippen LogP contribution in [0.5, 0.6) is 5.75 Å². The molecule has 1 saturated heterocycles. The number of ether oxygens (including phenoxy) is 1. The van der Waals surface area contributed by atoms with Crippen LogP contribution in [-0.2, 0) is 10.0 Å². The quantitative estimate of drug-likeness (QED) is 0.249. The van der Waals surface area contributed by atoms with Crippen molar-refractivity contribution in [3.05, 3.63) is 82.9 Å². The lowest BCUT2D eigenvalue weighted by atomic mass is 10.2. The second-order valence-electron chi connectivity index (χ2n) is 9.48. The van der Waals surface area contributed by atoms with E-state index in [0.29, 0.717) is 60.5 Å². The number of carbonyl (C=O) groups excluding carboxylic acids is 1. The first-order valence-corrected chi connectivity index (χ1v) is 15.4. The van der Waals surface area contributed by atoms with E-state index in [9.17, 15) is 13.2 Å². The monoisotopic (exact) mass is 600 g/mol. The van der Waals surface area contributed by atoms with E-state index < -0.39 is 10.0 Å². The Morgan fingerprint density at radius 1 is 1.02 bits per heavy atom. The molecular formula is C29H33ClN4O4S2. The molecule has 11 heteroatoms. The molecule has 3 aromatic rings. The number of para-hydroxylation sites is 1. The average Bonchev–Trinajstić information content (AvgIpc) is 2.94. The van der Waals surface area contributed by atoms with Crippen LogP contribution < -0.4 is 20.3 Å². The first-order valence-electron chi connectivity index (χ1n) is 13.1. The molecule has 0 saturated carbocycles. The van der Waals surface area contributed by atoms with Crippen LogP contribution in [0.15, 0.2) is 71.6 Å². The number of thiocarbonyl (C=S) groups is 1. The molecule has 0 unspecified atom stereocenters. The summed E-state index contributed by atoms with van der Waals surface area (Å²) in [5, 5.41) is 6.41. The van der Waals surface area contributed by atoms with Gasteiger partial charge in [-0.15, -0.1) is 0 Å². The highest BCUT2D eigenvalue weighted by Crippen LogP contribution is 2.35. The Balaban J connectivity index is 1.41. The van der Waals surface area contributed by atoms with E-state index in [4.69, 9.17) is 28.6 Å². The molecule has 0 radical (unpaired) electrons. The van der Waals surface area contributed by atoms with Crippen LogP contribution in [-0.4, -0.2) is 56.5 Å². The van der Waals surface area contributed by atoms with Crippen molar-refractivity contribution in [1.29, 1.82) is 0 Å². The van der Waals surface area contributed by atoms with Gasteiger partial charge in [0.25, 0.3) is 5.91 Å². The highest BCUT2D eigenvalue weighted by atomic mass is 35.5. The van der Waals surface area contributed by atoms with Gasteiger partial charge in [0.05, 0.1) is 27.9 Å². The molecule has 2 N–H and O–H groups in total. The Hall–Kier alpha value is -3.18. The molecule has 0 atom stereocenters. The van der Waals surface area contributed by atoms with Gasteiger partial charge in [-0.3, -0.25) is 10.1 Å². The molecule has 8 nitrogen and oxygen atoms in total. The van der Waals surface area contributed by atoms with Crippen LogP contribution in [0.1, 0.15) is 35.7 Å². The number of hydrogen-bond donors (Lipinski definition) is 2. The molecule has 0 aromatic heterocycles. The zero-order valence-electron chi connectivity index (χ0n) is 22.5. The molecule has 4 rings (SSSR count). The summed E-state index contributed by atoms with van der Waals surface area (Å²) < 4.78 is 33.5. The largest absolute Gasteiger partial charge is 0.494 e. The number of benzene rings is 3. The fraction of sp³-hybridized carbons (Fsp3) is 0.310. The van der Waals surface area contributed by atoms with Gasteiger partial charge in [-0.2, -0.15) is 4.31 Å². The standard InChI is InChI=1S/C29H33ClN4O4S2/c1-3-4-19-38-23-8-5-7-22(20-23)28(35)32-29(39)31-26-10-6-9-25(30)27(26)33-15-17-34(18-16-33)40(36,37)24-13-11-21(2)12-14-24/h5-14,20H,3-4,15-19H2,1-2H3,(H2,31,32,35,39). The number of nitrogens with one attached hydrogen (secondary N) is 2. The van der Waals surface area contributed by atoms with Gasteiger partial charge in [0.1, 0.15) is 5.75 Å². The molecule has 1 fully saturated rings. The van der Waals surface area contributed by atoms with Crippen LogP contribution >= 0.6 is 23.8 Å². The Morgan fingerprint density at radius 3 is 2.42 bits per heavy atom. The van der Waals surface area contributed by atoms with Crippen LogP contribution in [0.3, 0.4) is 0 Å². The Bertz CT molecular complexity index is 1460. The van der Waals surface area contributed by atoms with Crippen molar-refractivity contribution in [2.45, 2.75) is 31.6 Å². The van der Waals surface area contributed by atoms with E-state index >= 15 is 0 Å². The summed E-state index contributed by atoms with van der Waals surface area (Å²) in [7, 11) is -3.59. The third-order valence-electron chi connectivity index (χ3n) is 6.54. The first-order chi connectivity index (χ1) is 19.2. The minimum atomic E-state index is -3.59. The van der Waals surface area contributed by atoms with Crippen molar-refractivity contribution in [2.24, 2.45) is 0 Å². The number of rotatable bonds is 9. The number of carbonyl (C=O) groups is 1. The second kappa shape index (κ2) is 13.5. The summed E-state index contributed by atoms with van der Waals surface area (Å²) in [5.74, 6) is 0.262.